The molecule has 6 nitrogen and oxygen atoms in total. The van der Waals surface area contributed by atoms with Gasteiger partial charge in [0.1, 0.15) is 5.75 Å². The molecule has 0 saturated heterocycles. The molecule has 5 aromatic rings. The number of hydrogen-bond donors (Lipinski definition) is 1. The summed E-state index contributed by atoms with van der Waals surface area (Å²) >= 11 is 0. The van der Waals surface area contributed by atoms with Crippen LogP contribution < -0.4 is 0 Å². The van der Waals surface area contributed by atoms with Gasteiger partial charge >= 0.3 is 0 Å². The molecule has 3 heterocycles. The normalized spacial score (nSPS) is 11.3. The summed E-state index contributed by atoms with van der Waals surface area (Å²) in [6, 6.07) is 32.6. The molecule has 0 amide bonds. The Labute approximate surface area is 236 Å². The van der Waals surface area contributed by atoms with E-state index in [4.69, 9.17) is 0 Å². The van der Waals surface area contributed by atoms with Crippen LogP contribution in [0.15, 0.2) is 116 Å². The summed E-state index contributed by atoms with van der Waals surface area (Å²) in [5.74, 6) is 0.344. The van der Waals surface area contributed by atoms with E-state index in [-0.39, 0.29) is 0 Å². The first-order chi connectivity index (χ1) is 19.6. The molecule has 0 atom stereocenters. The van der Waals surface area contributed by atoms with Crippen LogP contribution in [0.25, 0.3) is 0 Å². The zero-order chi connectivity index (χ0) is 27.6. The van der Waals surface area contributed by atoms with E-state index >= 15 is 0 Å². The van der Waals surface area contributed by atoms with E-state index in [1.807, 2.05) is 79.3 Å². The second kappa shape index (κ2) is 13.6. The van der Waals surface area contributed by atoms with Gasteiger partial charge in [0.15, 0.2) is 0 Å². The first kappa shape index (κ1) is 27.2. The number of aromatic nitrogens is 3. The van der Waals surface area contributed by atoms with E-state index in [0.29, 0.717) is 38.5 Å². The van der Waals surface area contributed by atoms with Crippen LogP contribution in [-0.2, 0) is 39.3 Å². The Hall–Kier alpha value is -4.39. The van der Waals surface area contributed by atoms with Gasteiger partial charge in [0.25, 0.3) is 0 Å². The molecule has 5 rings (SSSR count). The van der Waals surface area contributed by atoms with Gasteiger partial charge in [-0.3, -0.25) is 24.8 Å². The van der Waals surface area contributed by atoms with E-state index < -0.39 is 0 Å². The highest BCUT2D eigenvalue weighted by Gasteiger charge is 2.18. The van der Waals surface area contributed by atoms with E-state index in [1.165, 1.54) is 5.56 Å². The van der Waals surface area contributed by atoms with Crippen LogP contribution in [0.5, 0.6) is 5.75 Å². The van der Waals surface area contributed by atoms with Gasteiger partial charge in [0, 0.05) is 69.0 Å². The third-order valence-electron chi connectivity index (χ3n) is 6.78. The maximum atomic E-state index is 11.6. The largest absolute Gasteiger partial charge is 0.507 e. The summed E-state index contributed by atoms with van der Waals surface area (Å²) in [5.41, 5.74) is 7.13. The summed E-state index contributed by atoms with van der Waals surface area (Å²) in [5, 5.41) is 11.6. The third-order valence-corrected chi connectivity index (χ3v) is 6.78. The van der Waals surface area contributed by atoms with Gasteiger partial charge in [-0.05, 0) is 48.9 Å². The second-order valence-corrected chi connectivity index (χ2v) is 10.2. The van der Waals surface area contributed by atoms with Crippen molar-refractivity contribution >= 4 is 0 Å². The number of benzene rings is 2. The molecule has 0 saturated carbocycles. The molecule has 2 aromatic carbocycles. The number of aromatic hydroxyl groups is 1. The Morgan fingerprint density at radius 2 is 0.950 bits per heavy atom. The van der Waals surface area contributed by atoms with Gasteiger partial charge in [0.05, 0.1) is 17.1 Å². The third kappa shape index (κ3) is 7.82. The summed E-state index contributed by atoms with van der Waals surface area (Å²) in [4.78, 5) is 18.2. The van der Waals surface area contributed by atoms with Crippen LogP contribution in [0.3, 0.4) is 0 Å². The van der Waals surface area contributed by atoms with Gasteiger partial charge in [-0.1, -0.05) is 66.2 Å². The van der Waals surface area contributed by atoms with Crippen LogP contribution in [-0.4, -0.2) is 29.9 Å². The summed E-state index contributed by atoms with van der Waals surface area (Å²) in [6.07, 6.45) is 5.47. The summed E-state index contributed by atoms with van der Waals surface area (Å²) in [6.45, 7) is 6.02. The number of rotatable bonds is 12. The molecule has 0 radical (unpaired) electrons. The smallest absolute Gasteiger partial charge is 0.124 e. The zero-order valence-corrected chi connectivity index (χ0v) is 22.9. The Balaban J connectivity index is 1.40. The highest BCUT2D eigenvalue weighted by molar-refractivity contribution is 5.43. The average Bonchev–Trinajstić information content (AvgIpc) is 2.97. The second-order valence-electron chi connectivity index (χ2n) is 10.2. The number of phenolic OH excluding ortho intramolecular Hbond substituents is 1. The van der Waals surface area contributed by atoms with E-state index in [1.54, 1.807) is 0 Å². The number of aryl methyl sites for hydroxylation is 1. The Morgan fingerprint density at radius 3 is 1.38 bits per heavy atom. The maximum Gasteiger partial charge on any atom is 0.124 e. The molecule has 0 spiro atoms. The topological polar surface area (TPSA) is 65.4 Å². The van der Waals surface area contributed by atoms with Crippen LogP contribution in [0.2, 0.25) is 0 Å². The molecule has 0 fully saturated rings. The van der Waals surface area contributed by atoms with Gasteiger partial charge < -0.3 is 5.11 Å². The van der Waals surface area contributed by atoms with Crippen LogP contribution in [0.1, 0.15) is 39.3 Å². The molecular formula is C34H35N5O. The van der Waals surface area contributed by atoms with Gasteiger partial charge in [-0.15, -0.1) is 0 Å². The average molecular weight is 530 g/mol. The van der Waals surface area contributed by atoms with Crippen molar-refractivity contribution in [2.75, 3.05) is 0 Å². The molecule has 0 aliphatic heterocycles. The monoisotopic (exact) mass is 529 g/mol. The van der Waals surface area contributed by atoms with Gasteiger partial charge in [-0.25, -0.2) is 0 Å². The lowest BCUT2D eigenvalue weighted by molar-refractivity contribution is 0.232. The maximum absolute atomic E-state index is 11.6. The molecular weight excluding hydrogens is 494 g/mol. The molecule has 3 aromatic heterocycles. The Kier molecular flexibility index (Phi) is 9.25. The van der Waals surface area contributed by atoms with Crippen LogP contribution in [0, 0.1) is 6.92 Å². The lowest BCUT2D eigenvalue weighted by atomic mass is 10.0. The van der Waals surface area contributed by atoms with Crippen molar-refractivity contribution in [1.29, 1.82) is 0 Å². The predicted molar refractivity (Wildman–Crippen MR) is 158 cm³/mol. The fourth-order valence-corrected chi connectivity index (χ4v) is 5.00. The first-order valence-electron chi connectivity index (χ1n) is 13.6. The van der Waals surface area contributed by atoms with E-state index in [9.17, 15) is 5.11 Å². The standard InChI is InChI=1S/C34H35N5O/c1-27-19-29(22-38(21-28-11-3-2-4-12-28)24-31-13-5-8-16-35-31)34(40)30(20-27)23-39(25-32-14-6-9-17-36-32)26-33-15-7-10-18-37-33/h2-20,40H,21-26H2,1H3. The fourth-order valence-electron chi connectivity index (χ4n) is 5.00. The molecule has 202 valence electrons. The highest BCUT2D eigenvalue weighted by atomic mass is 16.3. The summed E-state index contributed by atoms with van der Waals surface area (Å²) < 4.78 is 0. The van der Waals surface area contributed by atoms with Crippen LogP contribution >= 0.6 is 0 Å². The van der Waals surface area contributed by atoms with Crippen molar-refractivity contribution in [1.82, 2.24) is 24.8 Å². The highest BCUT2D eigenvalue weighted by Crippen LogP contribution is 2.29. The zero-order valence-electron chi connectivity index (χ0n) is 22.9. The van der Waals surface area contributed by atoms with Crippen LogP contribution in [0.4, 0.5) is 0 Å². The molecule has 0 aliphatic carbocycles. The molecule has 0 unspecified atom stereocenters. The lowest BCUT2D eigenvalue weighted by Gasteiger charge is -2.26. The fraction of sp³-hybridized carbons (Fsp3) is 0.206. The minimum atomic E-state index is 0.344. The Bertz CT molecular complexity index is 1270. The van der Waals surface area contributed by atoms with Gasteiger partial charge in [0.2, 0.25) is 0 Å². The number of phenols is 1. The molecule has 40 heavy (non-hydrogen) atoms. The van der Waals surface area contributed by atoms with Gasteiger partial charge in [-0.2, -0.15) is 0 Å². The summed E-state index contributed by atoms with van der Waals surface area (Å²) in [7, 11) is 0. The molecule has 6 heteroatoms. The predicted octanol–water partition coefficient (Wildman–Crippen LogP) is 6.29. The van der Waals surface area contributed by atoms with Crippen molar-refractivity contribution in [3.05, 3.63) is 155 Å². The molecule has 0 aliphatic rings. The van der Waals surface area contributed by atoms with E-state index in [2.05, 4.69) is 68.1 Å². The van der Waals surface area contributed by atoms with E-state index in [0.717, 1.165) is 40.3 Å². The Morgan fingerprint density at radius 1 is 0.525 bits per heavy atom. The van der Waals surface area contributed by atoms with Crippen molar-refractivity contribution in [3.63, 3.8) is 0 Å². The minimum absolute atomic E-state index is 0.344. The number of hydrogen-bond acceptors (Lipinski definition) is 6. The van der Waals surface area contributed by atoms with Crippen molar-refractivity contribution in [2.24, 2.45) is 0 Å². The quantitative estimate of drug-likeness (QED) is 0.205. The van der Waals surface area contributed by atoms with Crippen molar-refractivity contribution < 1.29 is 5.11 Å². The first-order valence-corrected chi connectivity index (χ1v) is 13.6. The SMILES string of the molecule is Cc1cc(CN(Cc2ccccc2)Cc2ccccn2)c(O)c(CN(Cc2ccccn2)Cc2ccccn2)c1. The minimum Gasteiger partial charge on any atom is -0.507 e. The molecule has 0 bridgehead atoms. The lowest BCUT2D eigenvalue weighted by Crippen LogP contribution is -2.25. The number of pyridine rings is 3. The number of nitrogens with zero attached hydrogens (tertiary/aromatic N) is 5. The van der Waals surface area contributed by atoms with Crippen molar-refractivity contribution in [2.45, 2.75) is 46.2 Å². The molecule has 1 N–H and O–H groups in total. The van der Waals surface area contributed by atoms with Crippen molar-refractivity contribution in [3.8, 4) is 5.75 Å².